The number of hydrogen-bond acceptors (Lipinski definition) is 1. The van der Waals surface area contributed by atoms with Gasteiger partial charge in [0.05, 0.1) is 6.42 Å². The van der Waals surface area contributed by atoms with Crippen LogP contribution in [0.2, 0.25) is 0 Å². The van der Waals surface area contributed by atoms with E-state index in [1.807, 2.05) is 12.1 Å². The van der Waals surface area contributed by atoms with Crippen molar-refractivity contribution in [3.63, 3.8) is 0 Å². The van der Waals surface area contributed by atoms with E-state index in [1.165, 1.54) is 22.5 Å². The molecule has 0 unspecified atom stereocenters. The molecule has 0 amide bonds. The maximum absolute atomic E-state index is 3.43. The molecule has 0 saturated heterocycles. The van der Waals surface area contributed by atoms with Crippen molar-refractivity contribution in [2.24, 2.45) is 0 Å². The number of anilines is 2. The van der Waals surface area contributed by atoms with E-state index in [1.54, 1.807) is 0 Å². The van der Waals surface area contributed by atoms with Crippen LogP contribution in [0, 0.1) is 6.42 Å². The summed E-state index contributed by atoms with van der Waals surface area (Å²) in [5.41, 5.74) is 4.77. The first-order valence-corrected chi connectivity index (χ1v) is 5.05. The molecule has 0 spiro atoms. The van der Waals surface area contributed by atoms with E-state index in [0.717, 1.165) is 0 Å². The van der Waals surface area contributed by atoms with Crippen LogP contribution in [0.1, 0.15) is 11.1 Å². The lowest BCUT2D eigenvalue weighted by molar-refractivity contribution is 1.14. The molecule has 0 saturated carbocycles. The second-order valence-corrected chi connectivity index (χ2v) is 3.72. The van der Waals surface area contributed by atoms with Gasteiger partial charge in [-0.15, -0.1) is 0 Å². The molecule has 1 heterocycles. The predicted octanol–water partition coefficient (Wildman–Crippen LogP) is 3.25. The third-order valence-electron chi connectivity index (χ3n) is 2.80. The SMILES string of the molecule is CN1c2ccccc2[C]c2ccccc21. The van der Waals surface area contributed by atoms with Gasteiger partial charge in [-0.3, -0.25) is 0 Å². The normalized spacial score (nSPS) is 13.3. The Hall–Kier alpha value is -1.76. The summed E-state index contributed by atoms with van der Waals surface area (Å²) in [6.07, 6.45) is 3.43. The number of rotatable bonds is 0. The Morgan fingerprint density at radius 3 is 1.80 bits per heavy atom. The van der Waals surface area contributed by atoms with Gasteiger partial charge < -0.3 is 4.90 Å². The minimum Gasteiger partial charge on any atom is -0.344 e. The van der Waals surface area contributed by atoms with Crippen LogP contribution in [0.25, 0.3) is 0 Å². The van der Waals surface area contributed by atoms with E-state index in [9.17, 15) is 0 Å². The predicted molar refractivity (Wildman–Crippen MR) is 62.4 cm³/mol. The smallest absolute Gasteiger partial charge is 0.0546 e. The molecule has 2 aromatic carbocycles. The summed E-state index contributed by atoms with van der Waals surface area (Å²) in [5, 5.41) is 0. The monoisotopic (exact) mass is 193 g/mol. The lowest BCUT2D eigenvalue weighted by Crippen LogP contribution is -2.17. The fourth-order valence-corrected chi connectivity index (χ4v) is 2.02. The average Bonchev–Trinajstić information content (AvgIpc) is 2.30. The van der Waals surface area contributed by atoms with Crippen LogP contribution in [-0.4, -0.2) is 7.05 Å². The fourth-order valence-electron chi connectivity index (χ4n) is 2.02. The quantitative estimate of drug-likeness (QED) is 0.620. The van der Waals surface area contributed by atoms with Crippen LogP contribution < -0.4 is 4.90 Å². The molecule has 0 aliphatic carbocycles. The van der Waals surface area contributed by atoms with Crippen LogP contribution in [0.15, 0.2) is 48.5 Å². The van der Waals surface area contributed by atoms with Crippen LogP contribution in [0.4, 0.5) is 11.4 Å². The van der Waals surface area contributed by atoms with Gasteiger partial charge in [-0.2, -0.15) is 0 Å². The molecule has 0 bridgehead atoms. The second-order valence-electron chi connectivity index (χ2n) is 3.72. The van der Waals surface area contributed by atoms with Gasteiger partial charge in [-0.1, -0.05) is 36.4 Å². The Labute approximate surface area is 90.0 Å². The molecular formula is C14H11N. The van der Waals surface area contributed by atoms with E-state index in [-0.39, 0.29) is 0 Å². The second kappa shape index (κ2) is 3.13. The molecule has 15 heavy (non-hydrogen) atoms. The zero-order valence-corrected chi connectivity index (χ0v) is 8.57. The molecule has 3 rings (SSSR count). The van der Waals surface area contributed by atoms with Gasteiger partial charge in [0.15, 0.2) is 0 Å². The van der Waals surface area contributed by atoms with Crippen molar-refractivity contribution < 1.29 is 0 Å². The van der Waals surface area contributed by atoms with Crippen LogP contribution in [0.3, 0.4) is 0 Å². The van der Waals surface area contributed by atoms with Gasteiger partial charge in [-0.25, -0.2) is 0 Å². The van der Waals surface area contributed by atoms with Gasteiger partial charge in [0.25, 0.3) is 0 Å². The molecule has 1 nitrogen and oxygen atoms in total. The van der Waals surface area contributed by atoms with E-state index in [2.05, 4.69) is 54.8 Å². The number of fused-ring (bicyclic) bond motifs is 2. The minimum atomic E-state index is 1.17. The van der Waals surface area contributed by atoms with Crippen molar-refractivity contribution in [2.75, 3.05) is 11.9 Å². The molecule has 1 heteroatoms. The maximum Gasteiger partial charge on any atom is 0.0546 e. The third-order valence-corrected chi connectivity index (χ3v) is 2.80. The van der Waals surface area contributed by atoms with Gasteiger partial charge in [0, 0.05) is 18.4 Å². The number of nitrogens with zero attached hydrogens (tertiary/aromatic N) is 1. The van der Waals surface area contributed by atoms with E-state index >= 15 is 0 Å². The summed E-state index contributed by atoms with van der Waals surface area (Å²) < 4.78 is 0. The van der Waals surface area contributed by atoms with Crippen molar-refractivity contribution >= 4 is 11.4 Å². The average molecular weight is 193 g/mol. The maximum atomic E-state index is 3.43. The number of hydrogen-bond donors (Lipinski definition) is 0. The van der Waals surface area contributed by atoms with E-state index < -0.39 is 0 Å². The van der Waals surface area contributed by atoms with Gasteiger partial charge in [-0.05, 0) is 23.3 Å². The lowest BCUT2D eigenvalue weighted by Gasteiger charge is -2.29. The Bertz CT molecular complexity index is 457. The lowest BCUT2D eigenvalue weighted by atomic mass is 9.96. The Morgan fingerprint density at radius 1 is 0.800 bits per heavy atom. The molecule has 0 aromatic heterocycles. The van der Waals surface area contributed by atoms with Crippen molar-refractivity contribution in [1.82, 2.24) is 0 Å². The fraction of sp³-hybridized carbons (Fsp3) is 0.0714. The minimum absolute atomic E-state index is 1.17. The highest BCUT2D eigenvalue weighted by atomic mass is 15.1. The summed E-state index contributed by atoms with van der Waals surface area (Å²) in [6.45, 7) is 0. The van der Waals surface area contributed by atoms with Crippen molar-refractivity contribution in [3.05, 3.63) is 66.1 Å². The summed E-state index contributed by atoms with van der Waals surface area (Å²) in [6, 6.07) is 16.7. The zero-order valence-electron chi connectivity index (χ0n) is 8.57. The van der Waals surface area contributed by atoms with Crippen LogP contribution >= 0.6 is 0 Å². The molecule has 72 valence electrons. The van der Waals surface area contributed by atoms with Crippen LogP contribution in [0.5, 0.6) is 0 Å². The van der Waals surface area contributed by atoms with Gasteiger partial charge in [0.2, 0.25) is 0 Å². The molecule has 0 fully saturated rings. The number of benzene rings is 2. The highest BCUT2D eigenvalue weighted by molar-refractivity contribution is 5.77. The molecule has 0 atom stereocenters. The molecule has 0 N–H and O–H groups in total. The van der Waals surface area contributed by atoms with Gasteiger partial charge >= 0.3 is 0 Å². The largest absolute Gasteiger partial charge is 0.344 e. The topological polar surface area (TPSA) is 3.24 Å². The summed E-state index contributed by atoms with van der Waals surface area (Å²) in [7, 11) is 2.10. The molecular weight excluding hydrogens is 182 g/mol. The van der Waals surface area contributed by atoms with E-state index in [0.29, 0.717) is 0 Å². The Kier molecular flexibility index (Phi) is 1.78. The molecule has 1 aliphatic heterocycles. The Morgan fingerprint density at radius 2 is 1.27 bits per heavy atom. The summed E-state index contributed by atoms with van der Waals surface area (Å²) >= 11 is 0. The third kappa shape index (κ3) is 1.23. The van der Waals surface area contributed by atoms with Crippen molar-refractivity contribution in [1.29, 1.82) is 0 Å². The standard InChI is InChI=1S/C14H11N/c1-15-13-8-4-2-6-11(13)10-12-7-3-5-9-14(12)15/h2-9H,1H3. The summed E-state index contributed by atoms with van der Waals surface area (Å²) in [4.78, 5) is 2.21. The first-order valence-electron chi connectivity index (χ1n) is 5.05. The molecule has 2 radical (unpaired) electrons. The number of para-hydroxylation sites is 2. The van der Waals surface area contributed by atoms with E-state index in [4.69, 9.17) is 0 Å². The first kappa shape index (κ1) is 8.54. The van der Waals surface area contributed by atoms with Crippen LogP contribution in [-0.2, 0) is 0 Å². The van der Waals surface area contributed by atoms with Crippen molar-refractivity contribution in [2.45, 2.75) is 0 Å². The molecule has 2 aromatic rings. The first-order chi connectivity index (χ1) is 7.36. The highest BCUT2D eigenvalue weighted by Gasteiger charge is 2.18. The zero-order chi connectivity index (χ0) is 10.3. The van der Waals surface area contributed by atoms with Gasteiger partial charge in [0.1, 0.15) is 0 Å². The molecule has 1 aliphatic rings. The Balaban J connectivity index is 2.20. The van der Waals surface area contributed by atoms with Crippen molar-refractivity contribution in [3.8, 4) is 0 Å². The highest BCUT2D eigenvalue weighted by Crippen LogP contribution is 2.37. The summed E-state index contributed by atoms with van der Waals surface area (Å²) in [5.74, 6) is 0.